The van der Waals surface area contributed by atoms with Crippen LogP contribution < -0.4 is 5.32 Å². The SMILES string of the molecule is Cc1ccc(SCC(=O)Nc2nnc(-c3ccccc3)s2)cc1. The third-order valence-electron chi connectivity index (χ3n) is 3.08. The molecule has 3 aromatic rings. The molecule has 0 radical (unpaired) electrons. The smallest absolute Gasteiger partial charge is 0.236 e. The van der Waals surface area contributed by atoms with Gasteiger partial charge in [0.25, 0.3) is 0 Å². The summed E-state index contributed by atoms with van der Waals surface area (Å²) >= 11 is 2.88. The molecule has 0 atom stereocenters. The molecule has 0 bridgehead atoms. The van der Waals surface area contributed by atoms with E-state index in [4.69, 9.17) is 0 Å². The Morgan fingerprint density at radius 2 is 1.83 bits per heavy atom. The number of hydrogen-bond acceptors (Lipinski definition) is 5. The van der Waals surface area contributed by atoms with E-state index < -0.39 is 0 Å². The lowest BCUT2D eigenvalue weighted by Crippen LogP contribution is -2.13. The van der Waals surface area contributed by atoms with Crippen LogP contribution in [0, 0.1) is 6.92 Å². The fraction of sp³-hybridized carbons (Fsp3) is 0.118. The van der Waals surface area contributed by atoms with E-state index in [1.165, 1.54) is 28.7 Å². The van der Waals surface area contributed by atoms with Crippen LogP contribution in [0.5, 0.6) is 0 Å². The predicted molar refractivity (Wildman–Crippen MR) is 95.9 cm³/mol. The summed E-state index contributed by atoms with van der Waals surface area (Å²) in [6.07, 6.45) is 0. The Labute approximate surface area is 143 Å². The van der Waals surface area contributed by atoms with Gasteiger partial charge < -0.3 is 0 Å². The Bertz CT molecular complexity index is 785. The summed E-state index contributed by atoms with van der Waals surface area (Å²) in [7, 11) is 0. The molecule has 0 aliphatic rings. The lowest BCUT2D eigenvalue weighted by Gasteiger charge is -2.02. The van der Waals surface area contributed by atoms with Crippen LogP contribution in [-0.2, 0) is 4.79 Å². The minimum absolute atomic E-state index is 0.0775. The maximum Gasteiger partial charge on any atom is 0.236 e. The zero-order chi connectivity index (χ0) is 16.1. The highest BCUT2D eigenvalue weighted by molar-refractivity contribution is 8.00. The lowest BCUT2D eigenvalue weighted by molar-refractivity contribution is -0.113. The fourth-order valence-corrected chi connectivity index (χ4v) is 3.37. The fourth-order valence-electron chi connectivity index (χ4n) is 1.91. The number of carbonyl (C=O) groups is 1. The van der Waals surface area contributed by atoms with E-state index in [0.717, 1.165) is 15.5 Å². The predicted octanol–water partition coefficient (Wildman–Crippen LogP) is 4.24. The molecule has 3 rings (SSSR count). The number of anilines is 1. The van der Waals surface area contributed by atoms with E-state index in [-0.39, 0.29) is 5.91 Å². The number of aryl methyl sites for hydroxylation is 1. The van der Waals surface area contributed by atoms with Gasteiger partial charge >= 0.3 is 0 Å². The highest BCUT2D eigenvalue weighted by atomic mass is 32.2. The van der Waals surface area contributed by atoms with Gasteiger partial charge in [-0.15, -0.1) is 22.0 Å². The molecule has 0 spiro atoms. The number of carbonyl (C=O) groups excluding carboxylic acids is 1. The van der Waals surface area contributed by atoms with E-state index >= 15 is 0 Å². The Hall–Kier alpha value is -2.18. The van der Waals surface area contributed by atoms with E-state index in [9.17, 15) is 4.79 Å². The third kappa shape index (κ3) is 4.40. The summed E-state index contributed by atoms with van der Waals surface area (Å²) in [4.78, 5) is 13.1. The third-order valence-corrected chi connectivity index (χ3v) is 4.98. The number of nitrogens with one attached hydrogen (secondary N) is 1. The van der Waals surface area contributed by atoms with E-state index in [2.05, 4.69) is 15.5 Å². The van der Waals surface area contributed by atoms with Crippen molar-refractivity contribution in [3.8, 4) is 10.6 Å². The molecule has 116 valence electrons. The molecular weight excluding hydrogens is 326 g/mol. The number of benzene rings is 2. The number of thioether (sulfide) groups is 1. The van der Waals surface area contributed by atoms with Crippen LogP contribution in [0.3, 0.4) is 0 Å². The molecule has 23 heavy (non-hydrogen) atoms. The van der Waals surface area contributed by atoms with Crippen molar-refractivity contribution in [3.05, 3.63) is 60.2 Å². The van der Waals surface area contributed by atoms with Crippen LogP contribution in [0.4, 0.5) is 5.13 Å². The standard InChI is InChI=1S/C17H15N3OS2/c1-12-7-9-14(10-8-12)22-11-15(21)18-17-20-19-16(23-17)13-5-3-2-4-6-13/h2-10H,11H2,1H3,(H,18,20,21). The quantitative estimate of drug-likeness (QED) is 0.705. The zero-order valence-corrected chi connectivity index (χ0v) is 14.2. The van der Waals surface area contributed by atoms with E-state index in [0.29, 0.717) is 10.9 Å². The zero-order valence-electron chi connectivity index (χ0n) is 12.5. The number of amides is 1. The molecule has 4 nitrogen and oxygen atoms in total. The minimum atomic E-state index is -0.0775. The maximum atomic E-state index is 12.0. The van der Waals surface area contributed by atoms with Gasteiger partial charge in [0.2, 0.25) is 11.0 Å². The Morgan fingerprint density at radius 3 is 2.57 bits per heavy atom. The van der Waals surface area contributed by atoms with Crippen molar-refractivity contribution in [1.82, 2.24) is 10.2 Å². The van der Waals surface area contributed by atoms with Crippen molar-refractivity contribution < 1.29 is 4.79 Å². The largest absolute Gasteiger partial charge is 0.300 e. The van der Waals surface area contributed by atoms with Crippen LogP contribution in [-0.4, -0.2) is 21.9 Å². The molecule has 0 aliphatic carbocycles. The van der Waals surface area contributed by atoms with Gasteiger partial charge in [-0.1, -0.05) is 59.4 Å². The minimum Gasteiger partial charge on any atom is -0.300 e. The van der Waals surface area contributed by atoms with Crippen molar-refractivity contribution in [1.29, 1.82) is 0 Å². The van der Waals surface area contributed by atoms with Gasteiger partial charge in [-0.05, 0) is 19.1 Å². The molecule has 2 aromatic carbocycles. The number of aromatic nitrogens is 2. The molecule has 6 heteroatoms. The van der Waals surface area contributed by atoms with Gasteiger partial charge in [0, 0.05) is 10.5 Å². The molecule has 0 saturated carbocycles. The van der Waals surface area contributed by atoms with E-state index in [1.807, 2.05) is 61.5 Å². The average Bonchev–Trinajstić information content (AvgIpc) is 3.04. The Balaban J connectivity index is 1.56. The summed E-state index contributed by atoms with van der Waals surface area (Å²) in [5, 5.41) is 12.3. The van der Waals surface area contributed by atoms with Crippen LogP contribution in [0.2, 0.25) is 0 Å². The summed E-state index contributed by atoms with van der Waals surface area (Å²) in [5.41, 5.74) is 2.21. The van der Waals surface area contributed by atoms with Crippen molar-refractivity contribution in [2.75, 3.05) is 11.1 Å². The van der Waals surface area contributed by atoms with Crippen molar-refractivity contribution in [2.24, 2.45) is 0 Å². The second-order valence-corrected chi connectivity index (χ2v) is 6.95. The molecule has 0 unspecified atom stereocenters. The Kier molecular flexibility index (Phi) is 5.05. The van der Waals surface area contributed by atoms with Crippen molar-refractivity contribution in [3.63, 3.8) is 0 Å². The summed E-state index contributed by atoms with van der Waals surface area (Å²) < 4.78 is 0. The lowest BCUT2D eigenvalue weighted by atomic mass is 10.2. The van der Waals surface area contributed by atoms with Crippen LogP contribution in [0.25, 0.3) is 10.6 Å². The first-order chi connectivity index (χ1) is 11.2. The molecule has 1 aromatic heterocycles. The maximum absolute atomic E-state index is 12.0. The first-order valence-corrected chi connectivity index (χ1v) is 8.89. The second kappa shape index (κ2) is 7.39. The topological polar surface area (TPSA) is 54.9 Å². The normalized spacial score (nSPS) is 10.5. The average molecular weight is 341 g/mol. The Morgan fingerprint density at radius 1 is 1.09 bits per heavy atom. The van der Waals surface area contributed by atoms with Crippen LogP contribution >= 0.6 is 23.1 Å². The first kappa shape index (κ1) is 15.7. The van der Waals surface area contributed by atoms with Gasteiger partial charge in [0.15, 0.2) is 0 Å². The highest BCUT2D eigenvalue weighted by Crippen LogP contribution is 2.26. The molecule has 1 heterocycles. The van der Waals surface area contributed by atoms with Gasteiger partial charge in [-0.3, -0.25) is 10.1 Å². The number of hydrogen-bond donors (Lipinski definition) is 1. The molecule has 0 fully saturated rings. The highest BCUT2D eigenvalue weighted by Gasteiger charge is 2.09. The summed E-state index contributed by atoms with van der Waals surface area (Å²) in [6.45, 7) is 2.04. The summed E-state index contributed by atoms with van der Waals surface area (Å²) in [5.74, 6) is 0.273. The molecule has 1 amide bonds. The molecule has 0 aliphatic heterocycles. The van der Waals surface area contributed by atoms with Crippen molar-refractivity contribution in [2.45, 2.75) is 11.8 Å². The van der Waals surface area contributed by atoms with Gasteiger partial charge in [-0.25, -0.2) is 0 Å². The number of rotatable bonds is 5. The molecular formula is C17H15N3OS2. The second-order valence-electron chi connectivity index (χ2n) is 4.93. The van der Waals surface area contributed by atoms with Gasteiger partial charge in [-0.2, -0.15) is 0 Å². The van der Waals surface area contributed by atoms with E-state index in [1.54, 1.807) is 0 Å². The van der Waals surface area contributed by atoms with Gasteiger partial charge in [0.1, 0.15) is 5.01 Å². The number of nitrogens with zero attached hydrogens (tertiary/aromatic N) is 2. The summed E-state index contributed by atoms with van der Waals surface area (Å²) in [6, 6.07) is 17.9. The molecule has 1 N–H and O–H groups in total. The van der Waals surface area contributed by atoms with Crippen LogP contribution in [0.1, 0.15) is 5.56 Å². The van der Waals surface area contributed by atoms with Gasteiger partial charge in [0.05, 0.1) is 5.75 Å². The molecule has 0 saturated heterocycles. The monoisotopic (exact) mass is 341 g/mol. The first-order valence-electron chi connectivity index (χ1n) is 7.09. The van der Waals surface area contributed by atoms with Crippen LogP contribution in [0.15, 0.2) is 59.5 Å². The van der Waals surface area contributed by atoms with Crippen molar-refractivity contribution >= 4 is 34.1 Å².